The van der Waals surface area contributed by atoms with Gasteiger partial charge in [-0.2, -0.15) is 0 Å². The first kappa shape index (κ1) is 11.1. The van der Waals surface area contributed by atoms with Gasteiger partial charge in [0, 0.05) is 12.3 Å². The molecular weight excluding hydrogens is 207 g/mol. The van der Waals surface area contributed by atoms with Crippen molar-refractivity contribution in [2.24, 2.45) is 11.8 Å². The van der Waals surface area contributed by atoms with Crippen LogP contribution in [0.25, 0.3) is 0 Å². The number of ether oxygens (including phenoxy) is 1. The standard InChI is InChI=1S/C13H15FO2/c1-8-5-10(8)12(15)7-9-3-4-13(16-2)11(14)6-9/h3-4,6,8,10H,5,7H2,1-2H3. The van der Waals surface area contributed by atoms with Gasteiger partial charge in [-0.15, -0.1) is 0 Å². The Kier molecular flexibility index (Phi) is 2.95. The molecule has 0 radical (unpaired) electrons. The summed E-state index contributed by atoms with van der Waals surface area (Å²) in [7, 11) is 1.43. The van der Waals surface area contributed by atoms with Gasteiger partial charge >= 0.3 is 0 Å². The first-order valence-corrected chi connectivity index (χ1v) is 5.47. The molecule has 2 rings (SSSR count). The summed E-state index contributed by atoms with van der Waals surface area (Å²) in [6.07, 6.45) is 1.31. The number of methoxy groups -OCH3 is 1. The van der Waals surface area contributed by atoms with Gasteiger partial charge in [0.2, 0.25) is 0 Å². The average Bonchev–Trinajstić information content (AvgIpc) is 2.96. The smallest absolute Gasteiger partial charge is 0.165 e. The van der Waals surface area contributed by atoms with E-state index >= 15 is 0 Å². The highest BCUT2D eigenvalue weighted by molar-refractivity contribution is 5.85. The lowest BCUT2D eigenvalue weighted by atomic mass is 10.1. The van der Waals surface area contributed by atoms with Gasteiger partial charge < -0.3 is 4.74 Å². The fourth-order valence-corrected chi connectivity index (χ4v) is 1.92. The minimum Gasteiger partial charge on any atom is -0.494 e. The molecule has 2 nitrogen and oxygen atoms in total. The molecule has 1 aromatic rings. The first-order valence-electron chi connectivity index (χ1n) is 5.47. The van der Waals surface area contributed by atoms with Gasteiger partial charge in [0.05, 0.1) is 7.11 Å². The Hall–Kier alpha value is -1.38. The van der Waals surface area contributed by atoms with E-state index in [1.807, 2.05) is 0 Å². The van der Waals surface area contributed by atoms with E-state index in [-0.39, 0.29) is 17.5 Å². The van der Waals surface area contributed by atoms with Crippen molar-refractivity contribution in [3.63, 3.8) is 0 Å². The second-order valence-electron chi connectivity index (χ2n) is 4.43. The Morgan fingerprint density at radius 1 is 1.56 bits per heavy atom. The zero-order valence-electron chi connectivity index (χ0n) is 9.50. The molecule has 1 saturated carbocycles. The van der Waals surface area contributed by atoms with Crippen LogP contribution in [-0.2, 0) is 11.2 Å². The molecule has 0 N–H and O–H groups in total. The van der Waals surface area contributed by atoms with E-state index in [0.717, 1.165) is 12.0 Å². The fraction of sp³-hybridized carbons (Fsp3) is 0.462. The van der Waals surface area contributed by atoms with Crippen molar-refractivity contribution < 1.29 is 13.9 Å². The third kappa shape index (κ3) is 2.23. The highest BCUT2D eigenvalue weighted by Gasteiger charge is 2.38. The molecule has 16 heavy (non-hydrogen) atoms. The Morgan fingerprint density at radius 2 is 2.25 bits per heavy atom. The van der Waals surface area contributed by atoms with Crippen molar-refractivity contribution in [3.8, 4) is 5.75 Å². The van der Waals surface area contributed by atoms with Gasteiger partial charge in [-0.1, -0.05) is 13.0 Å². The number of hydrogen-bond donors (Lipinski definition) is 0. The zero-order chi connectivity index (χ0) is 11.7. The lowest BCUT2D eigenvalue weighted by Gasteiger charge is -2.04. The van der Waals surface area contributed by atoms with Crippen LogP contribution in [0, 0.1) is 17.7 Å². The summed E-state index contributed by atoms with van der Waals surface area (Å²) in [4.78, 5) is 11.7. The number of ketones is 1. The minimum absolute atomic E-state index is 0.199. The molecule has 1 aromatic carbocycles. The molecule has 1 aliphatic rings. The van der Waals surface area contributed by atoms with Crippen molar-refractivity contribution in [2.45, 2.75) is 19.8 Å². The van der Waals surface area contributed by atoms with Gasteiger partial charge in [-0.05, 0) is 30.0 Å². The molecule has 2 atom stereocenters. The largest absolute Gasteiger partial charge is 0.494 e. The summed E-state index contributed by atoms with van der Waals surface area (Å²) in [5.41, 5.74) is 0.724. The summed E-state index contributed by atoms with van der Waals surface area (Å²) in [6.45, 7) is 2.07. The predicted molar refractivity (Wildman–Crippen MR) is 58.9 cm³/mol. The van der Waals surface area contributed by atoms with E-state index in [2.05, 4.69) is 6.92 Å². The van der Waals surface area contributed by atoms with Crippen LogP contribution in [-0.4, -0.2) is 12.9 Å². The van der Waals surface area contributed by atoms with Crippen LogP contribution in [0.1, 0.15) is 18.9 Å². The molecule has 3 heteroatoms. The Bertz CT molecular complexity index is 414. The molecule has 86 valence electrons. The fourth-order valence-electron chi connectivity index (χ4n) is 1.92. The maximum atomic E-state index is 13.4. The summed E-state index contributed by atoms with van der Waals surface area (Å²) in [6, 6.07) is 4.69. The van der Waals surface area contributed by atoms with E-state index in [9.17, 15) is 9.18 Å². The van der Waals surface area contributed by atoms with Gasteiger partial charge in [-0.25, -0.2) is 4.39 Å². The Morgan fingerprint density at radius 3 is 2.75 bits per heavy atom. The van der Waals surface area contributed by atoms with Gasteiger partial charge in [0.1, 0.15) is 5.78 Å². The quantitative estimate of drug-likeness (QED) is 0.782. The second-order valence-corrected chi connectivity index (χ2v) is 4.43. The molecule has 0 aromatic heterocycles. The molecule has 0 amide bonds. The van der Waals surface area contributed by atoms with Gasteiger partial charge in [-0.3, -0.25) is 4.79 Å². The van der Waals surface area contributed by atoms with Crippen LogP contribution < -0.4 is 4.74 Å². The van der Waals surface area contributed by atoms with Crippen LogP contribution in [0.3, 0.4) is 0 Å². The lowest BCUT2D eigenvalue weighted by Crippen LogP contribution is -2.06. The Balaban J connectivity index is 2.04. The molecule has 1 fully saturated rings. The summed E-state index contributed by atoms with van der Waals surface area (Å²) >= 11 is 0. The highest BCUT2D eigenvalue weighted by Crippen LogP contribution is 2.39. The van der Waals surface area contributed by atoms with E-state index in [1.165, 1.54) is 13.2 Å². The van der Waals surface area contributed by atoms with E-state index in [4.69, 9.17) is 4.74 Å². The topological polar surface area (TPSA) is 26.3 Å². The normalized spacial score (nSPS) is 22.9. The molecule has 0 heterocycles. The van der Waals surface area contributed by atoms with E-state index < -0.39 is 5.82 Å². The van der Waals surface area contributed by atoms with Crippen molar-refractivity contribution >= 4 is 5.78 Å². The SMILES string of the molecule is COc1ccc(CC(=O)C2CC2C)cc1F. The third-order valence-corrected chi connectivity index (χ3v) is 3.12. The van der Waals surface area contributed by atoms with Gasteiger partial charge in [0.25, 0.3) is 0 Å². The summed E-state index contributed by atoms with van der Waals surface area (Å²) in [5, 5.41) is 0. The van der Waals surface area contributed by atoms with Crippen molar-refractivity contribution in [3.05, 3.63) is 29.6 Å². The number of carbonyl (C=O) groups excluding carboxylic acids is 1. The van der Waals surface area contributed by atoms with Gasteiger partial charge in [0.15, 0.2) is 11.6 Å². The Labute approximate surface area is 94.4 Å². The average molecular weight is 222 g/mol. The van der Waals surface area contributed by atoms with Crippen molar-refractivity contribution in [1.82, 2.24) is 0 Å². The van der Waals surface area contributed by atoms with E-state index in [1.54, 1.807) is 12.1 Å². The highest BCUT2D eigenvalue weighted by atomic mass is 19.1. The molecule has 2 unspecified atom stereocenters. The van der Waals surface area contributed by atoms with Crippen LogP contribution >= 0.6 is 0 Å². The molecule has 0 saturated heterocycles. The first-order chi connectivity index (χ1) is 7.61. The number of Topliss-reactive ketones (excluding diaryl/α,β-unsaturated/α-hetero) is 1. The number of halogens is 1. The van der Waals surface area contributed by atoms with Crippen LogP contribution in [0.15, 0.2) is 18.2 Å². The second kappa shape index (κ2) is 4.24. The van der Waals surface area contributed by atoms with Crippen molar-refractivity contribution in [1.29, 1.82) is 0 Å². The monoisotopic (exact) mass is 222 g/mol. The zero-order valence-corrected chi connectivity index (χ0v) is 9.50. The predicted octanol–water partition coefficient (Wildman–Crippen LogP) is 2.60. The number of benzene rings is 1. The molecule has 0 aliphatic heterocycles. The van der Waals surface area contributed by atoms with Crippen LogP contribution in [0.5, 0.6) is 5.75 Å². The molecule has 0 bridgehead atoms. The maximum Gasteiger partial charge on any atom is 0.165 e. The molecular formula is C13H15FO2. The number of hydrogen-bond acceptors (Lipinski definition) is 2. The number of carbonyl (C=O) groups is 1. The molecule has 1 aliphatic carbocycles. The lowest BCUT2D eigenvalue weighted by molar-refractivity contribution is -0.119. The maximum absolute atomic E-state index is 13.4. The number of rotatable bonds is 4. The van der Waals surface area contributed by atoms with Crippen molar-refractivity contribution in [2.75, 3.05) is 7.11 Å². The van der Waals surface area contributed by atoms with Crippen LogP contribution in [0.2, 0.25) is 0 Å². The van der Waals surface area contributed by atoms with Crippen LogP contribution in [0.4, 0.5) is 4.39 Å². The van der Waals surface area contributed by atoms with E-state index in [0.29, 0.717) is 12.3 Å². The third-order valence-electron chi connectivity index (χ3n) is 3.12. The summed E-state index contributed by atoms with van der Waals surface area (Å²) in [5.74, 6) is 0.741. The minimum atomic E-state index is -0.406. The molecule has 0 spiro atoms. The summed E-state index contributed by atoms with van der Waals surface area (Å²) < 4.78 is 18.2.